The first-order valence-corrected chi connectivity index (χ1v) is 6.95. The SMILES string of the molecule is OCc1ccc2nc([C@H]3CC[C@H](O)CC3)ccc2c1. The maximum Gasteiger partial charge on any atom is 0.0705 e. The number of rotatable bonds is 2. The molecule has 0 atom stereocenters. The van der Waals surface area contributed by atoms with Gasteiger partial charge in [0.1, 0.15) is 0 Å². The van der Waals surface area contributed by atoms with E-state index in [9.17, 15) is 5.11 Å². The second kappa shape index (κ2) is 5.27. The minimum atomic E-state index is -0.121. The quantitative estimate of drug-likeness (QED) is 0.869. The maximum atomic E-state index is 9.56. The van der Waals surface area contributed by atoms with Crippen molar-refractivity contribution >= 4 is 10.9 Å². The Labute approximate surface area is 112 Å². The highest BCUT2D eigenvalue weighted by Crippen LogP contribution is 2.32. The summed E-state index contributed by atoms with van der Waals surface area (Å²) in [5.74, 6) is 0.477. The van der Waals surface area contributed by atoms with Crippen LogP contribution in [0.3, 0.4) is 0 Å². The largest absolute Gasteiger partial charge is 0.393 e. The molecule has 19 heavy (non-hydrogen) atoms. The fourth-order valence-electron chi connectivity index (χ4n) is 2.89. The van der Waals surface area contributed by atoms with E-state index < -0.39 is 0 Å². The monoisotopic (exact) mass is 257 g/mol. The summed E-state index contributed by atoms with van der Waals surface area (Å²) in [6.45, 7) is 0.0677. The number of pyridine rings is 1. The van der Waals surface area contributed by atoms with E-state index in [1.807, 2.05) is 18.2 Å². The van der Waals surface area contributed by atoms with E-state index in [1.54, 1.807) is 0 Å². The Hall–Kier alpha value is -1.45. The maximum absolute atomic E-state index is 9.56. The molecule has 1 aromatic carbocycles. The summed E-state index contributed by atoms with van der Waals surface area (Å²) < 4.78 is 0. The predicted octanol–water partition coefficient (Wildman–Crippen LogP) is 2.75. The second-order valence-electron chi connectivity index (χ2n) is 5.43. The van der Waals surface area contributed by atoms with Crippen LogP contribution in [0.4, 0.5) is 0 Å². The van der Waals surface area contributed by atoms with Crippen LogP contribution in [0, 0.1) is 0 Å². The highest BCUT2D eigenvalue weighted by Gasteiger charge is 2.21. The molecule has 0 radical (unpaired) electrons. The molecule has 100 valence electrons. The number of benzene rings is 1. The molecule has 3 heteroatoms. The average Bonchev–Trinajstić information content (AvgIpc) is 2.47. The van der Waals surface area contributed by atoms with E-state index >= 15 is 0 Å². The van der Waals surface area contributed by atoms with E-state index in [1.165, 1.54) is 0 Å². The summed E-state index contributed by atoms with van der Waals surface area (Å²) >= 11 is 0. The van der Waals surface area contributed by atoms with Gasteiger partial charge in [0.15, 0.2) is 0 Å². The van der Waals surface area contributed by atoms with Crippen molar-refractivity contribution < 1.29 is 10.2 Å². The number of aromatic nitrogens is 1. The zero-order valence-electron chi connectivity index (χ0n) is 10.9. The Bertz CT molecular complexity index is 574. The molecule has 1 aromatic heterocycles. The Morgan fingerprint density at radius 2 is 1.84 bits per heavy atom. The molecule has 0 amide bonds. The van der Waals surface area contributed by atoms with Crippen LogP contribution >= 0.6 is 0 Å². The van der Waals surface area contributed by atoms with Crippen LogP contribution in [-0.2, 0) is 6.61 Å². The smallest absolute Gasteiger partial charge is 0.0705 e. The van der Waals surface area contributed by atoms with Gasteiger partial charge in [0.05, 0.1) is 18.2 Å². The fourth-order valence-corrected chi connectivity index (χ4v) is 2.89. The predicted molar refractivity (Wildman–Crippen MR) is 74.9 cm³/mol. The van der Waals surface area contributed by atoms with Gasteiger partial charge in [0, 0.05) is 17.0 Å². The first-order valence-electron chi connectivity index (χ1n) is 6.95. The van der Waals surface area contributed by atoms with E-state index in [2.05, 4.69) is 12.1 Å². The Morgan fingerprint density at radius 1 is 1.05 bits per heavy atom. The van der Waals surface area contributed by atoms with Gasteiger partial charge in [-0.3, -0.25) is 4.98 Å². The molecule has 2 N–H and O–H groups in total. The first-order chi connectivity index (χ1) is 9.26. The molecule has 3 rings (SSSR count). The zero-order chi connectivity index (χ0) is 13.2. The number of hydrogen-bond acceptors (Lipinski definition) is 3. The normalized spacial score (nSPS) is 23.7. The lowest BCUT2D eigenvalue weighted by atomic mass is 9.85. The molecule has 3 nitrogen and oxygen atoms in total. The number of aliphatic hydroxyl groups excluding tert-OH is 2. The van der Waals surface area contributed by atoms with Crippen LogP contribution in [0.5, 0.6) is 0 Å². The van der Waals surface area contributed by atoms with Crippen LogP contribution in [0.25, 0.3) is 10.9 Å². The molecule has 1 heterocycles. The number of aliphatic hydroxyl groups is 2. The Balaban J connectivity index is 1.89. The highest BCUT2D eigenvalue weighted by atomic mass is 16.3. The lowest BCUT2D eigenvalue weighted by Crippen LogP contribution is -2.17. The Kier molecular flexibility index (Phi) is 3.49. The molecule has 0 saturated heterocycles. The van der Waals surface area contributed by atoms with Crippen LogP contribution in [-0.4, -0.2) is 21.3 Å². The van der Waals surface area contributed by atoms with Crippen molar-refractivity contribution in [2.75, 3.05) is 0 Å². The lowest BCUT2D eigenvalue weighted by Gasteiger charge is -2.25. The van der Waals surface area contributed by atoms with Crippen molar-refractivity contribution in [2.45, 2.75) is 44.3 Å². The molecule has 1 saturated carbocycles. The summed E-state index contributed by atoms with van der Waals surface area (Å²) in [7, 11) is 0. The van der Waals surface area contributed by atoms with Crippen molar-refractivity contribution in [3.8, 4) is 0 Å². The van der Waals surface area contributed by atoms with Crippen LogP contribution in [0.1, 0.15) is 42.9 Å². The third-order valence-corrected chi connectivity index (χ3v) is 4.07. The average molecular weight is 257 g/mol. The van der Waals surface area contributed by atoms with Gasteiger partial charge < -0.3 is 10.2 Å². The molecular formula is C16H19NO2. The zero-order valence-corrected chi connectivity index (χ0v) is 10.9. The molecule has 0 spiro atoms. The summed E-state index contributed by atoms with van der Waals surface area (Å²) in [4.78, 5) is 4.74. The van der Waals surface area contributed by atoms with Gasteiger partial charge in [-0.25, -0.2) is 0 Å². The summed E-state index contributed by atoms with van der Waals surface area (Å²) in [5.41, 5.74) is 3.04. The van der Waals surface area contributed by atoms with Gasteiger partial charge in [-0.05, 0) is 49.4 Å². The van der Waals surface area contributed by atoms with Crippen LogP contribution in [0.15, 0.2) is 30.3 Å². The van der Waals surface area contributed by atoms with E-state index in [4.69, 9.17) is 10.1 Å². The number of fused-ring (bicyclic) bond motifs is 1. The summed E-state index contributed by atoms with van der Waals surface area (Å²) in [5, 5.41) is 19.8. The molecule has 0 aliphatic heterocycles. The Morgan fingerprint density at radius 3 is 2.58 bits per heavy atom. The van der Waals surface area contributed by atoms with Crippen molar-refractivity contribution in [3.05, 3.63) is 41.6 Å². The summed E-state index contributed by atoms with van der Waals surface area (Å²) in [6, 6.07) is 10.1. The first kappa shape index (κ1) is 12.6. The van der Waals surface area contributed by atoms with Crippen molar-refractivity contribution in [1.82, 2.24) is 4.98 Å². The molecule has 1 aliphatic carbocycles. The topological polar surface area (TPSA) is 53.4 Å². The van der Waals surface area contributed by atoms with Gasteiger partial charge in [0.2, 0.25) is 0 Å². The van der Waals surface area contributed by atoms with Gasteiger partial charge in [0.25, 0.3) is 0 Å². The van der Waals surface area contributed by atoms with Crippen molar-refractivity contribution in [2.24, 2.45) is 0 Å². The van der Waals surface area contributed by atoms with E-state index in [-0.39, 0.29) is 12.7 Å². The lowest BCUT2D eigenvalue weighted by molar-refractivity contribution is 0.122. The fraction of sp³-hybridized carbons (Fsp3) is 0.438. The highest BCUT2D eigenvalue weighted by molar-refractivity contribution is 5.79. The van der Waals surface area contributed by atoms with Crippen molar-refractivity contribution in [1.29, 1.82) is 0 Å². The van der Waals surface area contributed by atoms with Crippen molar-refractivity contribution in [3.63, 3.8) is 0 Å². The summed E-state index contributed by atoms with van der Waals surface area (Å²) in [6.07, 6.45) is 3.69. The van der Waals surface area contributed by atoms with E-state index in [0.717, 1.165) is 47.8 Å². The van der Waals surface area contributed by atoms with Gasteiger partial charge in [-0.1, -0.05) is 12.1 Å². The van der Waals surface area contributed by atoms with Gasteiger partial charge in [-0.15, -0.1) is 0 Å². The molecule has 0 unspecified atom stereocenters. The molecular weight excluding hydrogens is 238 g/mol. The minimum absolute atomic E-state index is 0.0677. The van der Waals surface area contributed by atoms with Gasteiger partial charge >= 0.3 is 0 Å². The molecule has 0 bridgehead atoms. The molecule has 1 fully saturated rings. The van der Waals surface area contributed by atoms with E-state index in [0.29, 0.717) is 5.92 Å². The molecule has 1 aliphatic rings. The third-order valence-electron chi connectivity index (χ3n) is 4.07. The second-order valence-corrected chi connectivity index (χ2v) is 5.43. The minimum Gasteiger partial charge on any atom is -0.393 e. The third kappa shape index (κ3) is 2.62. The van der Waals surface area contributed by atoms with Gasteiger partial charge in [-0.2, -0.15) is 0 Å². The van der Waals surface area contributed by atoms with Crippen LogP contribution < -0.4 is 0 Å². The number of nitrogens with zero attached hydrogens (tertiary/aromatic N) is 1. The molecule has 2 aromatic rings. The number of hydrogen-bond donors (Lipinski definition) is 2. The standard InChI is InChI=1S/C16H19NO2/c18-10-11-1-7-16-13(9-11)4-8-15(17-16)12-2-5-14(19)6-3-12/h1,4,7-9,12,14,18-19H,2-3,5-6,10H2/t12-,14-. The van der Waals surface area contributed by atoms with Crippen LogP contribution in [0.2, 0.25) is 0 Å².